The van der Waals surface area contributed by atoms with Crippen molar-refractivity contribution in [2.24, 2.45) is 0 Å². The molecule has 0 spiro atoms. The maximum atomic E-state index is 13.5. The number of hydrogen-bond acceptors (Lipinski definition) is 6. The van der Waals surface area contributed by atoms with Crippen LogP contribution in [0.1, 0.15) is 37.7 Å². The highest BCUT2D eigenvalue weighted by molar-refractivity contribution is 5.90. The minimum absolute atomic E-state index is 0.0207. The molecule has 3 aromatic heterocycles. The summed E-state index contributed by atoms with van der Waals surface area (Å²) in [6, 6.07) is 13.4. The van der Waals surface area contributed by atoms with Crippen LogP contribution in [0.5, 0.6) is 0 Å². The molecule has 1 N–H and O–H groups in total. The van der Waals surface area contributed by atoms with Crippen LogP contribution < -0.4 is 5.32 Å². The summed E-state index contributed by atoms with van der Waals surface area (Å²) >= 11 is 0. The zero-order chi connectivity index (χ0) is 24.5. The van der Waals surface area contributed by atoms with Crippen molar-refractivity contribution in [1.82, 2.24) is 19.9 Å². The summed E-state index contributed by atoms with van der Waals surface area (Å²) in [7, 11) is 1.51. The summed E-state index contributed by atoms with van der Waals surface area (Å²) in [5, 5.41) is 3.84. The molecular weight excluding hydrogens is 443 g/mol. The second kappa shape index (κ2) is 8.98. The Hall–Kier alpha value is -3.59. The van der Waals surface area contributed by atoms with Crippen molar-refractivity contribution in [1.29, 1.82) is 0 Å². The molecule has 0 atom stereocenters. The largest absolute Gasteiger partial charge is 0.418 e. The standard InChI is InChI=1S/C25H24F3N5O/c1-24(2,3)15-7-9-16(10-8-15)30-22-17-11-12-19(31-23(17)33-20(32-22)14-34-4)21-18(25(26,27)28)6-5-13-29-21/h5-13H,14H2,1-4H3,(H,30,31,32,33). The van der Waals surface area contributed by atoms with E-state index in [4.69, 9.17) is 4.74 Å². The molecule has 1 aromatic carbocycles. The second-order valence-corrected chi connectivity index (χ2v) is 8.84. The van der Waals surface area contributed by atoms with E-state index in [0.29, 0.717) is 17.0 Å². The van der Waals surface area contributed by atoms with Gasteiger partial charge in [-0.15, -0.1) is 0 Å². The normalized spacial score (nSPS) is 12.2. The van der Waals surface area contributed by atoms with Crippen LogP contribution in [0.3, 0.4) is 0 Å². The lowest BCUT2D eigenvalue weighted by Crippen LogP contribution is -2.10. The molecular formula is C25H24F3N5O. The van der Waals surface area contributed by atoms with E-state index < -0.39 is 11.7 Å². The third-order valence-corrected chi connectivity index (χ3v) is 5.25. The van der Waals surface area contributed by atoms with Gasteiger partial charge in [0.1, 0.15) is 18.1 Å². The van der Waals surface area contributed by atoms with Gasteiger partial charge in [-0.25, -0.2) is 15.0 Å². The van der Waals surface area contributed by atoms with Crippen molar-refractivity contribution in [3.63, 3.8) is 0 Å². The molecule has 4 aromatic rings. The average molecular weight is 467 g/mol. The lowest BCUT2D eigenvalue weighted by atomic mass is 9.87. The van der Waals surface area contributed by atoms with Gasteiger partial charge in [-0.05, 0) is 47.4 Å². The number of halogens is 3. The van der Waals surface area contributed by atoms with Gasteiger partial charge in [0.15, 0.2) is 11.5 Å². The predicted molar refractivity (Wildman–Crippen MR) is 125 cm³/mol. The third kappa shape index (κ3) is 4.99. The van der Waals surface area contributed by atoms with Gasteiger partial charge in [0.25, 0.3) is 0 Å². The third-order valence-electron chi connectivity index (χ3n) is 5.25. The van der Waals surface area contributed by atoms with Gasteiger partial charge in [-0.3, -0.25) is 4.98 Å². The Morgan fingerprint density at radius 3 is 2.29 bits per heavy atom. The van der Waals surface area contributed by atoms with Crippen LogP contribution in [0.25, 0.3) is 22.4 Å². The maximum Gasteiger partial charge on any atom is 0.418 e. The van der Waals surface area contributed by atoms with Gasteiger partial charge >= 0.3 is 6.18 Å². The van der Waals surface area contributed by atoms with E-state index in [9.17, 15) is 13.2 Å². The summed E-state index contributed by atoms with van der Waals surface area (Å²) in [4.78, 5) is 17.3. The fourth-order valence-corrected chi connectivity index (χ4v) is 3.50. The van der Waals surface area contributed by atoms with E-state index in [2.05, 4.69) is 46.0 Å². The van der Waals surface area contributed by atoms with E-state index in [1.54, 1.807) is 6.07 Å². The van der Waals surface area contributed by atoms with Crippen molar-refractivity contribution in [2.45, 2.75) is 39.0 Å². The number of alkyl halides is 3. The Morgan fingerprint density at radius 2 is 1.65 bits per heavy atom. The minimum Gasteiger partial charge on any atom is -0.377 e. The van der Waals surface area contributed by atoms with Gasteiger partial charge in [0.05, 0.1) is 16.6 Å². The Balaban J connectivity index is 1.79. The summed E-state index contributed by atoms with van der Waals surface area (Å²) in [5.74, 6) is 0.835. The molecule has 0 fully saturated rings. The zero-order valence-electron chi connectivity index (χ0n) is 19.2. The molecule has 0 aliphatic heterocycles. The number of benzene rings is 1. The van der Waals surface area contributed by atoms with Crippen LogP contribution in [0.15, 0.2) is 54.7 Å². The summed E-state index contributed by atoms with van der Waals surface area (Å²) in [5.41, 5.74) is 1.22. The number of anilines is 2. The number of pyridine rings is 2. The summed E-state index contributed by atoms with van der Waals surface area (Å²) in [6.45, 7) is 6.54. The number of nitrogens with zero attached hydrogens (tertiary/aromatic N) is 4. The molecule has 0 unspecified atom stereocenters. The molecule has 0 saturated carbocycles. The van der Waals surface area contributed by atoms with Crippen molar-refractivity contribution in [3.05, 3.63) is 71.7 Å². The summed E-state index contributed by atoms with van der Waals surface area (Å²) in [6.07, 6.45) is -3.25. The number of nitrogens with one attached hydrogen (secondary N) is 1. The zero-order valence-corrected chi connectivity index (χ0v) is 19.2. The Kier molecular flexibility index (Phi) is 6.22. The lowest BCUT2D eigenvalue weighted by molar-refractivity contribution is -0.137. The molecule has 0 aliphatic rings. The Morgan fingerprint density at radius 1 is 0.912 bits per heavy atom. The van der Waals surface area contributed by atoms with Gasteiger partial charge in [0.2, 0.25) is 0 Å². The first-order chi connectivity index (χ1) is 16.1. The van der Waals surface area contributed by atoms with Crippen molar-refractivity contribution in [3.8, 4) is 11.4 Å². The Labute approximate surface area is 195 Å². The number of fused-ring (bicyclic) bond motifs is 1. The molecule has 176 valence electrons. The van der Waals surface area contributed by atoms with E-state index in [1.165, 1.54) is 31.0 Å². The van der Waals surface area contributed by atoms with Crippen LogP contribution in [-0.2, 0) is 22.9 Å². The smallest absolute Gasteiger partial charge is 0.377 e. The van der Waals surface area contributed by atoms with Gasteiger partial charge in [-0.1, -0.05) is 32.9 Å². The number of aromatic nitrogens is 4. The van der Waals surface area contributed by atoms with Crippen molar-refractivity contribution in [2.75, 3.05) is 12.4 Å². The summed E-state index contributed by atoms with van der Waals surface area (Å²) < 4.78 is 45.7. The highest BCUT2D eigenvalue weighted by Gasteiger charge is 2.34. The first-order valence-corrected chi connectivity index (χ1v) is 10.6. The number of methoxy groups -OCH3 is 1. The molecule has 3 heterocycles. The highest BCUT2D eigenvalue weighted by Crippen LogP contribution is 2.36. The van der Waals surface area contributed by atoms with E-state index in [0.717, 1.165) is 11.8 Å². The SMILES string of the molecule is COCc1nc(Nc2ccc(C(C)(C)C)cc2)c2ccc(-c3ncccc3C(F)(F)F)nc2n1. The molecule has 0 aliphatic carbocycles. The van der Waals surface area contributed by atoms with Gasteiger partial charge in [-0.2, -0.15) is 13.2 Å². The fraction of sp³-hybridized carbons (Fsp3) is 0.280. The van der Waals surface area contributed by atoms with Crippen molar-refractivity contribution >= 4 is 22.5 Å². The van der Waals surface area contributed by atoms with Gasteiger partial charge in [0, 0.05) is 19.0 Å². The number of ether oxygens (including phenoxy) is 1. The first-order valence-electron chi connectivity index (χ1n) is 10.6. The van der Waals surface area contributed by atoms with E-state index in [1.807, 2.05) is 24.3 Å². The first kappa shape index (κ1) is 23.6. The Bertz CT molecular complexity index is 1320. The number of hydrogen-bond donors (Lipinski definition) is 1. The molecule has 6 nitrogen and oxygen atoms in total. The van der Waals surface area contributed by atoms with E-state index in [-0.39, 0.29) is 29.1 Å². The van der Waals surface area contributed by atoms with Crippen LogP contribution in [0, 0.1) is 0 Å². The predicted octanol–water partition coefficient (Wildman–Crippen LogP) is 6.29. The van der Waals surface area contributed by atoms with Crippen molar-refractivity contribution < 1.29 is 17.9 Å². The van der Waals surface area contributed by atoms with Crippen LogP contribution in [0.2, 0.25) is 0 Å². The molecule has 0 radical (unpaired) electrons. The minimum atomic E-state index is -4.56. The topological polar surface area (TPSA) is 72.8 Å². The quantitative estimate of drug-likeness (QED) is 0.372. The van der Waals surface area contributed by atoms with Gasteiger partial charge < -0.3 is 10.1 Å². The lowest BCUT2D eigenvalue weighted by Gasteiger charge is -2.19. The average Bonchev–Trinajstić information content (AvgIpc) is 2.78. The molecule has 0 saturated heterocycles. The van der Waals surface area contributed by atoms with Crippen LogP contribution in [0.4, 0.5) is 24.7 Å². The molecule has 4 rings (SSSR count). The van der Waals surface area contributed by atoms with Crippen LogP contribution in [-0.4, -0.2) is 27.0 Å². The monoisotopic (exact) mass is 467 g/mol. The fourth-order valence-electron chi connectivity index (χ4n) is 3.50. The molecule has 0 amide bonds. The van der Waals surface area contributed by atoms with Crippen LogP contribution >= 0.6 is 0 Å². The maximum absolute atomic E-state index is 13.5. The molecule has 0 bridgehead atoms. The molecule has 9 heteroatoms. The molecule has 34 heavy (non-hydrogen) atoms. The number of rotatable bonds is 5. The van der Waals surface area contributed by atoms with E-state index >= 15 is 0 Å². The second-order valence-electron chi connectivity index (χ2n) is 8.84. The highest BCUT2D eigenvalue weighted by atomic mass is 19.4.